The van der Waals surface area contributed by atoms with Gasteiger partial charge in [-0.15, -0.1) is 11.3 Å². The lowest BCUT2D eigenvalue weighted by molar-refractivity contribution is 1.62. The van der Waals surface area contributed by atoms with E-state index in [2.05, 4.69) is 30.0 Å². The highest BCUT2D eigenvalue weighted by Gasteiger charge is 2.11. The zero-order chi connectivity index (χ0) is 7.14. The summed E-state index contributed by atoms with van der Waals surface area (Å²) in [4.78, 5) is 0. The van der Waals surface area contributed by atoms with Crippen LogP contribution in [0.1, 0.15) is 5.56 Å². The molecule has 0 aliphatic carbocycles. The summed E-state index contributed by atoms with van der Waals surface area (Å²) in [5.41, 5.74) is 1.47. The van der Waals surface area contributed by atoms with Crippen LogP contribution in [0.4, 0.5) is 0 Å². The van der Waals surface area contributed by atoms with Crippen molar-refractivity contribution in [3.05, 3.63) is 22.4 Å². The van der Waals surface area contributed by atoms with Crippen molar-refractivity contribution in [3.8, 4) is 0 Å². The summed E-state index contributed by atoms with van der Waals surface area (Å²) in [5.74, 6) is 0. The van der Waals surface area contributed by atoms with Crippen LogP contribution in [0.2, 0.25) is 0 Å². The normalized spacial score (nSPS) is 12.8. The Hall–Kier alpha value is -0.340. The number of rotatable bonds is 0. The van der Waals surface area contributed by atoms with Gasteiger partial charge < -0.3 is 0 Å². The first-order valence-corrected chi connectivity index (χ1v) is 5.77. The van der Waals surface area contributed by atoms with E-state index in [1.807, 2.05) is 11.3 Å². The summed E-state index contributed by atoms with van der Waals surface area (Å²) >= 11 is 1.86. The van der Waals surface area contributed by atoms with E-state index < -0.39 is 0 Å². The van der Waals surface area contributed by atoms with Crippen LogP contribution in [0, 0.1) is 6.92 Å². The van der Waals surface area contributed by atoms with Gasteiger partial charge in [-0.1, -0.05) is 0 Å². The Kier molecular flexibility index (Phi) is 1.32. The maximum atomic E-state index is 2.30. The second-order valence-electron chi connectivity index (χ2n) is 2.47. The molecule has 2 heteroatoms. The summed E-state index contributed by atoms with van der Waals surface area (Å²) in [6, 6.07) is 2.25. The third kappa shape index (κ3) is 0.724. The second kappa shape index (κ2) is 2.07. The zero-order valence-corrected chi connectivity index (χ0v) is 7.68. The Morgan fingerprint density at radius 1 is 1.50 bits per heavy atom. The molecule has 1 atom stereocenters. The fourth-order valence-corrected chi connectivity index (χ4v) is 4.18. The number of thiophene rings is 2. The van der Waals surface area contributed by atoms with E-state index in [-0.39, 0.29) is 0 Å². The molecule has 2 rings (SSSR count). The molecule has 0 N–H and O–H groups in total. The van der Waals surface area contributed by atoms with Crippen LogP contribution in [-0.4, -0.2) is 0 Å². The topological polar surface area (TPSA) is 0 Å². The molecule has 0 nitrogen and oxygen atoms in total. The van der Waals surface area contributed by atoms with Crippen LogP contribution >= 0.6 is 21.8 Å². The molecule has 2 heterocycles. The Bertz CT molecular complexity index is 323. The third-order valence-electron chi connectivity index (χ3n) is 1.69. The van der Waals surface area contributed by atoms with Crippen LogP contribution in [0.15, 0.2) is 16.8 Å². The lowest BCUT2D eigenvalue weighted by Crippen LogP contribution is -1.58. The second-order valence-corrected chi connectivity index (χ2v) is 5.18. The highest BCUT2D eigenvalue weighted by atomic mass is 32.2. The summed E-state index contributed by atoms with van der Waals surface area (Å²) in [6.45, 7) is 2.20. The highest BCUT2D eigenvalue weighted by molar-refractivity contribution is 7.37. The molecule has 0 aliphatic rings. The van der Waals surface area contributed by atoms with Gasteiger partial charge in [-0.05, 0) is 22.8 Å². The largest absolute Gasteiger partial charge is 0.193 e. The molecule has 0 amide bonds. The van der Waals surface area contributed by atoms with Crippen LogP contribution in [0.25, 0.3) is 9.40 Å². The molecule has 0 spiro atoms. The Morgan fingerprint density at radius 2 is 2.30 bits per heavy atom. The average molecular weight is 169 g/mol. The predicted octanol–water partition coefficient (Wildman–Crippen LogP) is 3.50. The van der Waals surface area contributed by atoms with Crippen LogP contribution in [0.3, 0.4) is 0 Å². The lowest BCUT2D eigenvalue weighted by Gasteiger charge is -1.76. The van der Waals surface area contributed by atoms with Gasteiger partial charge in [-0.3, -0.25) is 0 Å². The van der Waals surface area contributed by atoms with E-state index in [1.165, 1.54) is 10.3 Å². The Morgan fingerprint density at radius 3 is 3.00 bits per heavy atom. The van der Waals surface area contributed by atoms with Gasteiger partial charge in [0.1, 0.15) is 11.6 Å². The maximum absolute atomic E-state index is 2.30. The molecular formula is C8H9S2+. The first-order chi connectivity index (χ1) is 4.79. The van der Waals surface area contributed by atoms with Crippen molar-refractivity contribution in [2.24, 2.45) is 6.26 Å². The molecule has 0 aliphatic heterocycles. The molecule has 0 aromatic carbocycles. The quantitative estimate of drug-likeness (QED) is 0.529. The molecule has 2 aromatic rings. The molecule has 2 aromatic heterocycles. The minimum atomic E-state index is 0.402. The van der Waals surface area contributed by atoms with Gasteiger partial charge in [0, 0.05) is 11.6 Å². The number of fused-ring (bicyclic) bond motifs is 1. The van der Waals surface area contributed by atoms with Gasteiger partial charge in [0.05, 0.1) is 4.70 Å². The summed E-state index contributed by atoms with van der Waals surface area (Å²) < 4.78 is 3.05. The average Bonchev–Trinajstić information content (AvgIpc) is 2.40. The molecule has 1 unspecified atom stereocenters. The van der Waals surface area contributed by atoms with E-state index in [0.29, 0.717) is 10.5 Å². The zero-order valence-electron chi connectivity index (χ0n) is 6.05. The van der Waals surface area contributed by atoms with Crippen molar-refractivity contribution in [2.75, 3.05) is 0 Å². The first kappa shape index (κ1) is 6.38. The van der Waals surface area contributed by atoms with Gasteiger partial charge in [-0.25, -0.2) is 0 Å². The van der Waals surface area contributed by atoms with E-state index in [0.717, 1.165) is 0 Å². The van der Waals surface area contributed by atoms with Crippen LogP contribution in [0.5, 0.6) is 0 Å². The standard InChI is InChI=1S/C8H9S2/c1-6-5-9-7-3-4-10(2)8(6)7/h3-5H,1-2H3/q+1. The van der Waals surface area contributed by atoms with Gasteiger partial charge in [0.25, 0.3) is 0 Å². The van der Waals surface area contributed by atoms with Crippen molar-refractivity contribution in [2.45, 2.75) is 6.92 Å². The lowest BCUT2D eigenvalue weighted by atomic mass is 10.4. The van der Waals surface area contributed by atoms with Gasteiger partial charge in [0.2, 0.25) is 0 Å². The monoisotopic (exact) mass is 169 g/mol. The summed E-state index contributed by atoms with van der Waals surface area (Å²) in [5, 5.41) is 4.55. The van der Waals surface area contributed by atoms with Crippen molar-refractivity contribution in [3.63, 3.8) is 0 Å². The minimum absolute atomic E-state index is 0.402. The van der Waals surface area contributed by atoms with Crippen LogP contribution in [-0.2, 0) is 6.26 Å². The smallest absolute Gasteiger partial charge is 0.138 e. The van der Waals surface area contributed by atoms with Crippen LogP contribution < -0.4 is 0 Å². The van der Waals surface area contributed by atoms with E-state index in [1.54, 1.807) is 4.70 Å². The van der Waals surface area contributed by atoms with Gasteiger partial charge in [-0.2, -0.15) is 0 Å². The van der Waals surface area contributed by atoms with E-state index in [4.69, 9.17) is 0 Å². The molecule has 10 heavy (non-hydrogen) atoms. The van der Waals surface area contributed by atoms with E-state index >= 15 is 0 Å². The van der Waals surface area contributed by atoms with Gasteiger partial charge >= 0.3 is 0 Å². The van der Waals surface area contributed by atoms with Crippen molar-refractivity contribution in [1.82, 2.24) is 0 Å². The Labute approximate surface area is 67.1 Å². The Balaban J connectivity index is 2.98. The molecule has 0 saturated heterocycles. The summed E-state index contributed by atoms with van der Waals surface area (Å²) in [7, 11) is 0.402. The minimum Gasteiger partial charge on any atom is -0.138 e. The van der Waals surface area contributed by atoms with Crippen molar-refractivity contribution in [1.29, 1.82) is 0 Å². The summed E-state index contributed by atoms with van der Waals surface area (Å²) in [6.07, 6.45) is 2.28. The fraction of sp³-hybridized carbons (Fsp3) is 0.250. The molecule has 0 fully saturated rings. The third-order valence-corrected chi connectivity index (χ3v) is 4.62. The molecule has 52 valence electrons. The molecule has 0 radical (unpaired) electrons. The number of hydrogen-bond acceptors (Lipinski definition) is 1. The fourth-order valence-electron chi connectivity index (χ4n) is 1.21. The predicted molar refractivity (Wildman–Crippen MR) is 50.0 cm³/mol. The van der Waals surface area contributed by atoms with Gasteiger partial charge in [0.15, 0.2) is 4.70 Å². The SMILES string of the molecule is Cc1csc2cc[s+](C)c12. The van der Waals surface area contributed by atoms with Crippen molar-refractivity contribution < 1.29 is 0 Å². The highest BCUT2D eigenvalue weighted by Crippen LogP contribution is 2.35. The molecule has 0 saturated carbocycles. The molecular weight excluding hydrogens is 160 g/mol. The first-order valence-electron chi connectivity index (χ1n) is 3.20. The van der Waals surface area contributed by atoms with E-state index in [9.17, 15) is 0 Å². The maximum Gasteiger partial charge on any atom is 0.193 e. The molecule has 0 bridgehead atoms. The van der Waals surface area contributed by atoms with Crippen molar-refractivity contribution >= 4 is 31.2 Å². The number of hydrogen-bond donors (Lipinski definition) is 0. The number of aryl methyl sites for hydroxylation is 2.